The minimum Gasteiger partial charge on any atom is -0.383 e. The van der Waals surface area contributed by atoms with E-state index < -0.39 is 11.7 Å². The summed E-state index contributed by atoms with van der Waals surface area (Å²) in [5.74, 6) is -0.307. The van der Waals surface area contributed by atoms with Gasteiger partial charge in [0.25, 0.3) is 0 Å². The topological polar surface area (TPSA) is 36.0 Å². The Morgan fingerprint density at radius 3 is 2.60 bits per heavy atom. The van der Waals surface area contributed by atoms with Gasteiger partial charge in [0.15, 0.2) is 0 Å². The molecule has 1 aliphatic heterocycles. The lowest BCUT2D eigenvalue weighted by molar-refractivity contribution is -0.139. The van der Waals surface area contributed by atoms with Gasteiger partial charge in [-0.05, 0) is 54.9 Å². The van der Waals surface area contributed by atoms with E-state index in [4.69, 9.17) is 4.74 Å². The molecule has 35 heavy (non-hydrogen) atoms. The van der Waals surface area contributed by atoms with Gasteiger partial charge in [0.1, 0.15) is 0 Å². The summed E-state index contributed by atoms with van der Waals surface area (Å²) >= 11 is 0. The largest absolute Gasteiger partial charge is 0.416 e. The van der Waals surface area contributed by atoms with E-state index in [1.54, 1.807) is 19.3 Å². The highest BCUT2D eigenvalue weighted by atomic mass is 19.4. The van der Waals surface area contributed by atoms with Crippen LogP contribution in [0, 0.1) is 0 Å². The second-order valence-corrected chi connectivity index (χ2v) is 9.06. The molecular weight excluding hydrogens is 455 g/mol. The van der Waals surface area contributed by atoms with Crippen LogP contribution >= 0.6 is 0 Å². The minimum absolute atomic E-state index is 0.0914. The first-order chi connectivity index (χ1) is 16.7. The molecule has 0 fully saturated rings. The molecular formula is C27H34F3N3O2. The number of fused-ring (bicyclic) bond motifs is 1. The van der Waals surface area contributed by atoms with Crippen LogP contribution in [-0.4, -0.2) is 74.6 Å². The Balaban J connectivity index is 1.78. The lowest BCUT2D eigenvalue weighted by atomic mass is 9.94. The van der Waals surface area contributed by atoms with E-state index in [0.717, 1.165) is 37.7 Å². The first-order valence-corrected chi connectivity index (χ1v) is 11.8. The molecule has 2 aromatic carbocycles. The third kappa shape index (κ3) is 7.65. The fourth-order valence-corrected chi connectivity index (χ4v) is 4.26. The van der Waals surface area contributed by atoms with Crippen LogP contribution in [0.15, 0.2) is 48.5 Å². The van der Waals surface area contributed by atoms with Crippen LogP contribution in [0.2, 0.25) is 0 Å². The van der Waals surface area contributed by atoms with Gasteiger partial charge in [-0.3, -0.25) is 9.69 Å². The number of halogens is 3. The minimum atomic E-state index is -4.47. The van der Waals surface area contributed by atoms with Crippen molar-refractivity contribution in [3.05, 3.63) is 76.4 Å². The maximum Gasteiger partial charge on any atom is 0.416 e. The summed E-state index contributed by atoms with van der Waals surface area (Å²) in [5, 5.41) is 0. The Hall–Kier alpha value is -2.68. The standard InChI is InChI=1S/C27H34F3N3O2/c1-31(2)15-16-33(20-23-7-4-5-10-25(23)27(28,29)30)26(34)12-11-21-8-6-9-22-19-32(17-18-35-3)14-13-24(21)22/h4-12H,13-20H2,1-3H3/b12-11+. The summed E-state index contributed by atoms with van der Waals surface area (Å²) in [6.45, 7) is 4.07. The summed E-state index contributed by atoms with van der Waals surface area (Å²) in [4.78, 5) is 18.9. The summed E-state index contributed by atoms with van der Waals surface area (Å²) in [6, 6.07) is 11.5. The van der Waals surface area contributed by atoms with Crippen molar-refractivity contribution in [2.75, 3.05) is 54.0 Å². The lowest BCUT2D eigenvalue weighted by Gasteiger charge is -2.29. The SMILES string of the molecule is COCCN1CCc2c(/C=C/C(=O)N(CCN(C)C)Cc3ccccc3C(F)(F)F)cccc2C1. The third-order valence-corrected chi connectivity index (χ3v) is 6.21. The van der Waals surface area contributed by atoms with Crippen LogP contribution in [0.5, 0.6) is 0 Å². The number of hydrogen-bond acceptors (Lipinski definition) is 4. The number of carbonyl (C=O) groups is 1. The number of likely N-dealkylation sites (N-methyl/N-ethyl adjacent to an activating group) is 1. The molecule has 0 saturated carbocycles. The maximum atomic E-state index is 13.5. The van der Waals surface area contributed by atoms with Crippen molar-refractivity contribution in [2.45, 2.75) is 25.7 Å². The zero-order valence-electron chi connectivity index (χ0n) is 20.6. The number of nitrogens with zero attached hydrogens (tertiary/aromatic N) is 3. The van der Waals surface area contributed by atoms with E-state index in [9.17, 15) is 18.0 Å². The molecule has 5 nitrogen and oxygen atoms in total. The molecule has 0 aromatic heterocycles. The summed E-state index contributed by atoms with van der Waals surface area (Å²) in [7, 11) is 5.43. The first kappa shape index (κ1) is 26.9. The van der Waals surface area contributed by atoms with E-state index in [1.165, 1.54) is 34.2 Å². The Labute approximate surface area is 205 Å². The van der Waals surface area contributed by atoms with E-state index in [1.807, 2.05) is 31.1 Å². The molecule has 2 aromatic rings. The smallest absolute Gasteiger partial charge is 0.383 e. The van der Waals surface area contributed by atoms with Gasteiger partial charge in [0.05, 0.1) is 12.2 Å². The van der Waals surface area contributed by atoms with Crippen LogP contribution in [0.3, 0.4) is 0 Å². The first-order valence-electron chi connectivity index (χ1n) is 11.8. The molecule has 0 bridgehead atoms. The molecule has 0 radical (unpaired) electrons. The number of carbonyl (C=O) groups excluding carboxylic acids is 1. The zero-order valence-corrected chi connectivity index (χ0v) is 20.6. The molecule has 0 spiro atoms. The molecule has 0 aliphatic carbocycles. The molecule has 0 unspecified atom stereocenters. The van der Waals surface area contributed by atoms with Crippen LogP contribution in [0.1, 0.15) is 27.8 Å². The second-order valence-electron chi connectivity index (χ2n) is 9.06. The van der Waals surface area contributed by atoms with Gasteiger partial charge < -0.3 is 14.5 Å². The average Bonchev–Trinajstić information content (AvgIpc) is 2.83. The highest BCUT2D eigenvalue weighted by molar-refractivity contribution is 5.92. The number of ether oxygens (including phenoxy) is 1. The number of benzene rings is 2. The molecule has 3 rings (SSSR count). The molecule has 0 saturated heterocycles. The van der Waals surface area contributed by atoms with Crippen molar-refractivity contribution >= 4 is 12.0 Å². The number of alkyl halides is 3. The molecule has 1 amide bonds. The van der Waals surface area contributed by atoms with Crippen LogP contribution in [0.4, 0.5) is 13.2 Å². The fraction of sp³-hybridized carbons (Fsp3) is 0.444. The third-order valence-electron chi connectivity index (χ3n) is 6.21. The van der Waals surface area contributed by atoms with Gasteiger partial charge in [0, 0.05) is 52.5 Å². The lowest BCUT2D eigenvalue weighted by Crippen LogP contribution is -2.35. The van der Waals surface area contributed by atoms with Crippen molar-refractivity contribution in [1.29, 1.82) is 0 Å². The Kier molecular flexibility index (Phi) is 9.48. The van der Waals surface area contributed by atoms with Gasteiger partial charge in [-0.25, -0.2) is 0 Å². The van der Waals surface area contributed by atoms with Crippen molar-refractivity contribution in [3.63, 3.8) is 0 Å². The summed E-state index contributed by atoms with van der Waals surface area (Å²) in [5.41, 5.74) is 2.80. The normalized spacial score (nSPS) is 14.5. The van der Waals surface area contributed by atoms with E-state index in [0.29, 0.717) is 19.7 Å². The van der Waals surface area contributed by atoms with Crippen LogP contribution in [-0.2, 0) is 35.2 Å². The molecule has 190 valence electrons. The van der Waals surface area contributed by atoms with E-state index in [-0.39, 0.29) is 18.0 Å². The quantitative estimate of drug-likeness (QED) is 0.466. The van der Waals surface area contributed by atoms with Gasteiger partial charge in [-0.15, -0.1) is 0 Å². The number of hydrogen-bond donors (Lipinski definition) is 0. The second kappa shape index (κ2) is 12.3. The van der Waals surface area contributed by atoms with Crippen molar-refractivity contribution in [3.8, 4) is 0 Å². The average molecular weight is 490 g/mol. The van der Waals surface area contributed by atoms with Crippen molar-refractivity contribution in [1.82, 2.24) is 14.7 Å². The zero-order chi connectivity index (χ0) is 25.4. The monoisotopic (exact) mass is 489 g/mol. The van der Waals surface area contributed by atoms with E-state index in [2.05, 4.69) is 11.0 Å². The summed E-state index contributed by atoms with van der Waals surface area (Å²) < 4.78 is 45.7. The molecule has 8 heteroatoms. The van der Waals surface area contributed by atoms with Crippen molar-refractivity contribution < 1.29 is 22.7 Å². The Morgan fingerprint density at radius 2 is 1.89 bits per heavy atom. The molecule has 1 aliphatic rings. The van der Waals surface area contributed by atoms with Gasteiger partial charge in [0.2, 0.25) is 5.91 Å². The molecule has 0 atom stereocenters. The fourth-order valence-electron chi connectivity index (χ4n) is 4.26. The Bertz CT molecular complexity index is 1020. The molecule has 0 N–H and O–H groups in total. The predicted octanol–water partition coefficient (Wildman–Crippen LogP) is 4.31. The highest BCUT2D eigenvalue weighted by Gasteiger charge is 2.33. The number of rotatable bonds is 10. The number of methoxy groups -OCH3 is 1. The summed E-state index contributed by atoms with van der Waals surface area (Å²) in [6.07, 6.45) is -0.316. The van der Waals surface area contributed by atoms with Crippen molar-refractivity contribution in [2.24, 2.45) is 0 Å². The predicted molar refractivity (Wildman–Crippen MR) is 132 cm³/mol. The number of amides is 1. The van der Waals surface area contributed by atoms with Crippen LogP contribution < -0.4 is 0 Å². The van der Waals surface area contributed by atoms with Gasteiger partial charge in [-0.2, -0.15) is 13.2 Å². The maximum absolute atomic E-state index is 13.5. The van der Waals surface area contributed by atoms with E-state index >= 15 is 0 Å². The highest BCUT2D eigenvalue weighted by Crippen LogP contribution is 2.32. The van der Waals surface area contributed by atoms with Gasteiger partial charge in [-0.1, -0.05) is 36.4 Å². The Morgan fingerprint density at radius 1 is 1.11 bits per heavy atom. The van der Waals surface area contributed by atoms with Crippen LogP contribution in [0.25, 0.3) is 6.08 Å². The molecule has 1 heterocycles. The van der Waals surface area contributed by atoms with Gasteiger partial charge >= 0.3 is 6.18 Å².